The lowest BCUT2D eigenvalue weighted by Crippen LogP contribution is -2.45. The SMILES string of the molecule is CCNC(=NCc1cccc(OC)c1)NCC1CCCN(CC(C)C)C1.I. The van der Waals surface area contributed by atoms with Crippen LogP contribution < -0.4 is 15.4 Å². The number of halogens is 1. The van der Waals surface area contributed by atoms with E-state index in [1.165, 1.54) is 32.5 Å². The fourth-order valence-electron chi connectivity index (χ4n) is 3.52. The van der Waals surface area contributed by atoms with E-state index in [2.05, 4.69) is 42.4 Å². The van der Waals surface area contributed by atoms with Gasteiger partial charge in [0.05, 0.1) is 13.7 Å². The van der Waals surface area contributed by atoms with Crippen LogP contribution in [0, 0.1) is 11.8 Å². The molecule has 1 heterocycles. The predicted molar refractivity (Wildman–Crippen MR) is 125 cm³/mol. The van der Waals surface area contributed by atoms with Crippen LogP contribution in [0.25, 0.3) is 0 Å². The number of ether oxygens (including phenoxy) is 1. The van der Waals surface area contributed by atoms with Gasteiger partial charge in [-0.2, -0.15) is 0 Å². The van der Waals surface area contributed by atoms with E-state index in [9.17, 15) is 0 Å². The van der Waals surface area contributed by atoms with Crippen molar-refractivity contribution in [1.82, 2.24) is 15.5 Å². The fourth-order valence-corrected chi connectivity index (χ4v) is 3.52. The van der Waals surface area contributed by atoms with Crippen LogP contribution in [0.3, 0.4) is 0 Å². The van der Waals surface area contributed by atoms with Gasteiger partial charge in [0, 0.05) is 26.2 Å². The zero-order chi connectivity index (χ0) is 18.8. The number of rotatable bonds is 8. The van der Waals surface area contributed by atoms with Crippen molar-refractivity contribution in [3.05, 3.63) is 29.8 Å². The molecule has 5 nitrogen and oxygen atoms in total. The first-order valence-corrected chi connectivity index (χ1v) is 9.98. The topological polar surface area (TPSA) is 48.9 Å². The van der Waals surface area contributed by atoms with Crippen LogP contribution >= 0.6 is 24.0 Å². The Balaban J connectivity index is 0.00000364. The Kier molecular flexibility index (Phi) is 11.7. The highest BCUT2D eigenvalue weighted by molar-refractivity contribution is 14.0. The first kappa shape index (κ1) is 24.0. The molecule has 1 aromatic carbocycles. The zero-order valence-corrected chi connectivity index (χ0v) is 19.7. The van der Waals surface area contributed by atoms with E-state index >= 15 is 0 Å². The lowest BCUT2D eigenvalue weighted by atomic mass is 9.97. The molecule has 1 unspecified atom stereocenters. The minimum atomic E-state index is 0. The maximum atomic E-state index is 5.29. The van der Waals surface area contributed by atoms with Crippen molar-refractivity contribution in [2.24, 2.45) is 16.8 Å². The van der Waals surface area contributed by atoms with Crippen LogP contribution in [0.5, 0.6) is 5.75 Å². The van der Waals surface area contributed by atoms with Crippen molar-refractivity contribution in [3.63, 3.8) is 0 Å². The quantitative estimate of drug-likeness (QED) is 0.333. The number of hydrogen-bond donors (Lipinski definition) is 2. The van der Waals surface area contributed by atoms with Crippen LogP contribution in [-0.2, 0) is 6.54 Å². The lowest BCUT2D eigenvalue weighted by Gasteiger charge is -2.34. The molecule has 1 atom stereocenters. The summed E-state index contributed by atoms with van der Waals surface area (Å²) in [5.74, 6) is 3.21. The van der Waals surface area contributed by atoms with Gasteiger partial charge in [-0.3, -0.25) is 0 Å². The Morgan fingerprint density at radius 3 is 2.85 bits per heavy atom. The van der Waals surface area contributed by atoms with E-state index in [0.717, 1.165) is 36.3 Å². The van der Waals surface area contributed by atoms with Crippen molar-refractivity contribution in [2.45, 2.75) is 40.2 Å². The van der Waals surface area contributed by atoms with Gasteiger partial charge >= 0.3 is 0 Å². The summed E-state index contributed by atoms with van der Waals surface area (Å²) in [6.45, 7) is 12.9. The van der Waals surface area contributed by atoms with E-state index in [1.807, 2.05) is 18.2 Å². The number of likely N-dealkylation sites (tertiary alicyclic amines) is 1. The molecule has 6 heteroatoms. The van der Waals surface area contributed by atoms with Crippen LogP contribution in [0.15, 0.2) is 29.3 Å². The molecule has 0 spiro atoms. The maximum absolute atomic E-state index is 5.29. The molecule has 1 aliphatic heterocycles. The summed E-state index contributed by atoms with van der Waals surface area (Å²) in [6, 6.07) is 8.09. The Hall–Kier alpha value is -1.02. The molecule has 1 fully saturated rings. The standard InChI is InChI=1S/C21H36N4O.HI/c1-5-22-21(23-13-18-8-6-10-20(12-18)26-4)24-14-19-9-7-11-25(16-19)15-17(2)3;/h6,8,10,12,17,19H,5,7,9,11,13-16H2,1-4H3,(H2,22,23,24);1H. The highest BCUT2D eigenvalue weighted by atomic mass is 127. The molecular formula is C21H37IN4O. The number of aliphatic imine (C=N–C) groups is 1. The van der Waals surface area contributed by atoms with Crippen molar-refractivity contribution in [3.8, 4) is 5.75 Å². The Bertz CT molecular complexity index is 565. The van der Waals surface area contributed by atoms with Gasteiger partial charge in [0.2, 0.25) is 0 Å². The zero-order valence-electron chi connectivity index (χ0n) is 17.3. The molecule has 0 amide bonds. The summed E-state index contributed by atoms with van der Waals surface area (Å²) >= 11 is 0. The third-order valence-electron chi connectivity index (χ3n) is 4.68. The third-order valence-corrected chi connectivity index (χ3v) is 4.68. The number of nitrogens with one attached hydrogen (secondary N) is 2. The Morgan fingerprint density at radius 2 is 2.15 bits per heavy atom. The van der Waals surface area contributed by atoms with Gasteiger partial charge < -0.3 is 20.3 Å². The predicted octanol–water partition coefficient (Wildman–Crippen LogP) is 3.74. The molecule has 1 saturated heterocycles. The van der Waals surface area contributed by atoms with Gasteiger partial charge in [-0.25, -0.2) is 4.99 Å². The summed E-state index contributed by atoms with van der Waals surface area (Å²) in [4.78, 5) is 7.35. The van der Waals surface area contributed by atoms with Crippen LogP contribution in [0.2, 0.25) is 0 Å². The third kappa shape index (κ3) is 9.14. The van der Waals surface area contributed by atoms with Gasteiger partial charge in [-0.05, 0) is 55.8 Å². The summed E-state index contributed by atoms with van der Waals surface area (Å²) < 4.78 is 5.29. The van der Waals surface area contributed by atoms with Crippen molar-refractivity contribution in [1.29, 1.82) is 0 Å². The van der Waals surface area contributed by atoms with Crippen LogP contribution in [0.4, 0.5) is 0 Å². The van der Waals surface area contributed by atoms with E-state index < -0.39 is 0 Å². The van der Waals surface area contributed by atoms with Crippen molar-refractivity contribution < 1.29 is 4.74 Å². The molecule has 0 aliphatic carbocycles. The molecule has 1 aromatic rings. The molecule has 1 aliphatic rings. The second-order valence-corrected chi connectivity index (χ2v) is 7.59. The van der Waals surface area contributed by atoms with Gasteiger partial charge in [-0.1, -0.05) is 26.0 Å². The molecule has 0 aromatic heterocycles. The van der Waals surface area contributed by atoms with E-state index in [4.69, 9.17) is 9.73 Å². The molecule has 0 saturated carbocycles. The second kappa shape index (κ2) is 13.2. The van der Waals surface area contributed by atoms with Crippen molar-refractivity contribution >= 4 is 29.9 Å². The van der Waals surface area contributed by atoms with Gasteiger partial charge in [-0.15, -0.1) is 24.0 Å². The summed E-state index contributed by atoms with van der Waals surface area (Å²) in [6.07, 6.45) is 2.60. The molecule has 154 valence electrons. The highest BCUT2D eigenvalue weighted by Gasteiger charge is 2.20. The number of benzene rings is 1. The van der Waals surface area contributed by atoms with Crippen LogP contribution in [0.1, 0.15) is 39.2 Å². The monoisotopic (exact) mass is 488 g/mol. The molecular weight excluding hydrogens is 451 g/mol. The Labute approximate surface area is 182 Å². The maximum Gasteiger partial charge on any atom is 0.191 e. The summed E-state index contributed by atoms with van der Waals surface area (Å²) in [5.41, 5.74) is 1.15. The van der Waals surface area contributed by atoms with E-state index in [-0.39, 0.29) is 24.0 Å². The smallest absolute Gasteiger partial charge is 0.191 e. The Morgan fingerprint density at radius 1 is 1.33 bits per heavy atom. The molecule has 2 N–H and O–H groups in total. The van der Waals surface area contributed by atoms with Crippen LogP contribution in [-0.4, -0.2) is 50.7 Å². The molecule has 27 heavy (non-hydrogen) atoms. The number of piperidine rings is 1. The largest absolute Gasteiger partial charge is 0.497 e. The minimum Gasteiger partial charge on any atom is -0.497 e. The van der Waals surface area contributed by atoms with Gasteiger partial charge in [0.15, 0.2) is 5.96 Å². The number of methoxy groups -OCH3 is 1. The number of guanidine groups is 1. The number of nitrogens with zero attached hydrogens (tertiary/aromatic N) is 2. The van der Waals surface area contributed by atoms with E-state index in [1.54, 1.807) is 7.11 Å². The van der Waals surface area contributed by atoms with E-state index in [0.29, 0.717) is 12.5 Å². The van der Waals surface area contributed by atoms with Crippen molar-refractivity contribution in [2.75, 3.05) is 39.8 Å². The minimum absolute atomic E-state index is 0. The normalized spacial score (nSPS) is 18.1. The molecule has 0 radical (unpaired) electrons. The molecule has 2 rings (SSSR count). The second-order valence-electron chi connectivity index (χ2n) is 7.59. The first-order chi connectivity index (χ1) is 12.6. The fraction of sp³-hybridized carbons (Fsp3) is 0.667. The number of hydrogen-bond acceptors (Lipinski definition) is 3. The van der Waals surface area contributed by atoms with Gasteiger partial charge in [0.1, 0.15) is 5.75 Å². The average Bonchev–Trinajstić information content (AvgIpc) is 2.64. The average molecular weight is 488 g/mol. The first-order valence-electron chi connectivity index (χ1n) is 9.98. The highest BCUT2D eigenvalue weighted by Crippen LogP contribution is 2.17. The summed E-state index contributed by atoms with van der Waals surface area (Å²) in [5, 5.41) is 6.90. The lowest BCUT2D eigenvalue weighted by molar-refractivity contribution is 0.159. The molecule has 0 bridgehead atoms. The van der Waals surface area contributed by atoms with Gasteiger partial charge in [0.25, 0.3) is 0 Å². The summed E-state index contributed by atoms with van der Waals surface area (Å²) in [7, 11) is 1.70.